The molecule has 0 atom stereocenters. The number of aromatic nitrogens is 1. The molecule has 2 heteroatoms. The van der Waals surface area contributed by atoms with Crippen molar-refractivity contribution in [2.75, 3.05) is 0 Å². The van der Waals surface area contributed by atoms with Crippen LogP contribution in [0.3, 0.4) is 0 Å². The molecule has 0 saturated heterocycles. The maximum Gasteiger partial charge on any atom is 0.0734 e. The Hall–Kier alpha value is -1.34. The van der Waals surface area contributed by atoms with E-state index in [1.165, 1.54) is 5.56 Å². The summed E-state index contributed by atoms with van der Waals surface area (Å²) in [5.41, 5.74) is 4.45. The van der Waals surface area contributed by atoms with Crippen molar-refractivity contribution < 1.29 is 0 Å². The second kappa shape index (κ2) is 4.45. The van der Waals surface area contributed by atoms with Gasteiger partial charge in [-0.15, -0.1) is 11.6 Å². The minimum Gasteiger partial charge on any atom is -0.256 e. The van der Waals surface area contributed by atoms with Crippen LogP contribution < -0.4 is 0 Å². The zero-order chi connectivity index (χ0) is 10.7. The summed E-state index contributed by atoms with van der Waals surface area (Å²) in [7, 11) is 0. The fraction of sp³-hybridized carbons (Fsp3) is 0.154. The van der Waals surface area contributed by atoms with E-state index in [0.717, 1.165) is 16.8 Å². The molecule has 0 bridgehead atoms. The molecule has 0 radical (unpaired) electrons. The molecule has 1 nitrogen and oxygen atoms in total. The minimum atomic E-state index is 0.520. The van der Waals surface area contributed by atoms with Gasteiger partial charge in [0.1, 0.15) is 0 Å². The first-order chi connectivity index (χ1) is 7.33. The fourth-order valence-corrected chi connectivity index (χ4v) is 1.87. The third-order valence-electron chi connectivity index (χ3n) is 2.43. The monoisotopic (exact) mass is 217 g/mol. The number of benzene rings is 1. The van der Waals surface area contributed by atoms with Crippen molar-refractivity contribution in [3.05, 3.63) is 53.7 Å². The summed E-state index contributed by atoms with van der Waals surface area (Å²) in [5.74, 6) is 0.520. The first-order valence-corrected chi connectivity index (χ1v) is 5.42. The second-order valence-electron chi connectivity index (χ2n) is 3.46. The Morgan fingerprint density at radius 1 is 1.13 bits per heavy atom. The Kier molecular flexibility index (Phi) is 3.02. The van der Waals surface area contributed by atoms with Crippen LogP contribution in [0.5, 0.6) is 0 Å². The topological polar surface area (TPSA) is 12.9 Å². The van der Waals surface area contributed by atoms with Crippen molar-refractivity contribution in [1.82, 2.24) is 4.98 Å². The molecule has 0 N–H and O–H groups in total. The van der Waals surface area contributed by atoms with Crippen LogP contribution in [0.15, 0.2) is 42.6 Å². The maximum atomic E-state index is 5.91. The van der Waals surface area contributed by atoms with Crippen molar-refractivity contribution in [2.24, 2.45) is 0 Å². The number of nitrogens with zero attached hydrogens (tertiary/aromatic N) is 1. The molecule has 0 amide bonds. The van der Waals surface area contributed by atoms with Crippen molar-refractivity contribution in [2.45, 2.75) is 12.8 Å². The summed E-state index contributed by atoms with van der Waals surface area (Å²) in [4.78, 5) is 4.40. The molecule has 0 aliphatic heterocycles. The van der Waals surface area contributed by atoms with Crippen LogP contribution in [0.2, 0.25) is 0 Å². The van der Waals surface area contributed by atoms with Crippen LogP contribution in [0.4, 0.5) is 0 Å². The molecule has 15 heavy (non-hydrogen) atoms. The average molecular weight is 218 g/mol. The molecule has 76 valence electrons. The van der Waals surface area contributed by atoms with Crippen molar-refractivity contribution in [3.8, 4) is 11.3 Å². The molecule has 1 heterocycles. The number of rotatable bonds is 2. The van der Waals surface area contributed by atoms with Gasteiger partial charge in [-0.25, -0.2) is 0 Å². The summed E-state index contributed by atoms with van der Waals surface area (Å²) in [6.07, 6.45) is 1.81. The van der Waals surface area contributed by atoms with Gasteiger partial charge in [0.2, 0.25) is 0 Å². The van der Waals surface area contributed by atoms with Crippen LogP contribution in [0, 0.1) is 6.92 Å². The average Bonchev–Trinajstić information content (AvgIpc) is 2.30. The van der Waals surface area contributed by atoms with Crippen LogP contribution in [-0.4, -0.2) is 4.98 Å². The Labute approximate surface area is 94.7 Å². The summed E-state index contributed by atoms with van der Waals surface area (Å²) in [6, 6.07) is 12.1. The van der Waals surface area contributed by atoms with Gasteiger partial charge in [0, 0.05) is 17.6 Å². The van der Waals surface area contributed by atoms with Crippen LogP contribution >= 0.6 is 11.6 Å². The summed E-state index contributed by atoms with van der Waals surface area (Å²) in [6.45, 7) is 2.06. The molecular formula is C13H12ClN. The Bertz CT molecular complexity index is 466. The zero-order valence-electron chi connectivity index (χ0n) is 8.57. The lowest BCUT2D eigenvalue weighted by Crippen LogP contribution is -1.91. The van der Waals surface area contributed by atoms with Gasteiger partial charge in [-0.1, -0.05) is 30.3 Å². The molecular weight excluding hydrogens is 206 g/mol. The van der Waals surface area contributed by atoms with Gasteiger partial charge in [0.25, 0.3) is 0 Å². The van der Waals surface area contributed by atoms with Crippen LogP contribution in [0.25, 0.3) is 11.3 Å². The molecule has 0 spiro atoms. The third kappa shape index (κ3) is 2.02. The number of hydrogen-bond acceptors (Lipinski definition) is 1. The highest BCUT2D eigenvalue weighted by molar-refractivity contribution is 6.17. The standard InChI is InChI=1S/C13H12ClN/c1-10-5-4-8-15-13(10)12-7-3-2-6-11(12)9-14/h2-8H,9H2,1H3. The molecule has 0 aliphatic rings. The highest BCUT2D eigenvalue weighted by Gasteiger charge is 2.06. The van der Waals surface area contributed by atoms with Gasteiger partial charge in [0.05, 0.1) is 5.69 Å². The number of alkyl halides is 1. The predicted octanol–water partition coefficient (Wildman–Crippen LogP) is 3.80. The van der Waals surface area contributed by atoms with E-state index < -0.39 is 0 Å². The van der Waals surface area contributed by atoms with E-state index in [0.29, 0.717) is 5.88 Å². The SMILES string of the molecule is Cc1cccnc1-c1ccccc1CCl. The van der Waals surface area contributed by atoms with Gasteiger partial charge in [0.15, 0.2) is 0 Å². The van der Waals surface area contributed by atoms with E-state index >= 15 is 0 Å². The van der Waals surface area contributed by atoms with Gasteiger partial charge < -0.3 is 0 Å². The molecule has 0 aliphatic carbocycles. The summed E-state index contributed by atoms with van der Waals surface area (Å²) >= 11 is 5.91. The van der Waals surface area contributed by atoms with E-state index in [1.807, 2.05) is 30.5 Å². The van der Waals surface area contributed by atoms with Crippen molar-refractivity contribution in [3.63, 3.8) is 0 Å². The molecule has 1 aromatic carbocycles. The lowest BCUT2D eigenvalue weighted by atomic mass is 10.0. The van der Waals surface area contributed by atoms with Gasteiger partial charge >= 0.3 is 0 Å². The molecule has 1 aromatic heterocycles. The molecule has 2 aromatic rings. The lowest BCUT2D eigenvalue weighted by molar-refractivity contribution is 1.25. The Morgan fingerprint density at radius 2 is 1.93 bits per heavy atom. The van der Waals surface area contributed by atoms with Crippen LogP contribution in [0.1, 0.15) is 11.1 Å². The first-order valence-electron chi connectivity index (χ1n) is 4.89. The van der Waals surface area contributed by atoms with E-state index in [9.17, 15) is 0 Å². The summed E-state index contributed by atoms with van der Waals surface area (Å²) < 4.78 is 0. The normalized spacial score (nSPS) is 10.3. The van der Waals surface area contributed by atoms with Crippen LogP contribution in [-0.2, 0) is 5.88 Å². The number of halogens is 1. The second-order valence-corrected chi connectivity index (χ2v) is 3.73. The van der Waals surface area contributed by atoms with Gasteiger partial charge in [-0.05, 0) is 24.1 Å². The number of hydrogen-bond donors (Lipinski definition) is 0. The minimum absolute atomic E-state index is 0.520. The lowest BCUT2D eigenvalue weighted by Gasteiger charge is -2.08. The van der Waals surface area contributed by atoms with E-state index in [2.05, 4.69) is 24.0 Å². The number of pyridine rings is 1. The van der Waals surface area contributed by atoms with Gasteiger partial charge in [-0.3, -0.25) is 4.98 Å². The van der Waals surface area contributed by atoms with Gasteiger partial charge in [-0.2, -0.15) is 0 Å². The number of aryl methyl sites for hydroxylation is 1. The Morgan fingerprint density at radius 3 is 2.67 bits per heavy atom. The van der Waals surface area contributed by atoms with Crippen molar-refractivity contribution in [1.29, 1.82) is 0 Å². The third-order valence-corrected chi connectivity index (χ3v) is 2.71. The molecule has 0 saturated carbocycles. The molecule has 0 fully saturated rings. The zero-order valence-corrected chi connectivity index (χ0v) is 9.33. The quantitative estimate of drug-likeness (QED) is 0.698. The smallest absolute Gasteiger partial charge is 0.0734 e. The van der Waals surface area contributed by atoms with E-state index in [1.54, 1.807) is 0 Å². The Balaban J connectivity index is 2.59. The molecule has 0 unspecified atom stereocenters. The first kappa shape index (κ1) is 10.2. The van der Waals surface area contributed by atoms with E-state index in [4.69, 9.17) is 11.6 Å². The van der Waals surface area contributed by atoms with Crippen molar-refractivity contribution >= 4 is 11.6 Å². The highest BCUT2D eigenvalue weighted by atomic mass is 35.5. The maximum absolute atomic E-state index is 5.91. The molecule has 2 rings (SSSR count). The summed E-state index contributed by atoms with van der Waals surface area (Å²) in [5, 5.41) is 0. The highest BCUT2D eigenvalue weighted by Crippen LogP contribution is 2.25. The van der Waals surface area contributed by atoms with E-state index in [-0.39, 0.29) is 0 Å². The largest absolute Gasteiger partial charge is 0.256 e. The fourth-order valence-electron chi connectivity index (χ4n) is 1.64. The predicted molar refractivity (Wildman–Crippen MR) is 64.0 cm³/mol.